The molecule has 0 unspecified atom stereocenters. The third kappa shape index (κ3) is 3.90. The van der Waals surface area contributed by atoms with Gasteiger partial charge in [0, 0.05) is 13.1 Å². The third-order valence-electron chi connectivity index (χ3n) is 3.52. The fourth-order valence-electron chi connectivity index (χ4n) is 2.56. The van der Waals surface area contributed by atoms with Crippen molar-refractivity contribution in [2.45, 2.75) is 53.6 Å². The lowest BCUT2D eigenvalue weighted by Gasteiger charge is -2.24. The Kier molecular flexibility index (Phi) is 4.45. The average Bonchev–Trinajstić information content (AvgIpc) is 2.58. The largest absolute Gasteiger partial charge is 0.444 e. The summed E-state index contributed by atoms with van der Waals surface area (Å²) in [6.07, 6.45) is 0.987. The van der Waals surface area contributed by atoms with Crippen LogP contribution in [0, 0.1) is 17.8 Å². The first-order valence-corrected chi connectivity index (χ1v) is 6.72. The normalized spacial score (nSPS) is 25.5. The molecular weight excluding hydrogens is 214 g/mol. The maximum atomic E-state index is 12.0. The lowest BCUT2D eigenvalue weighted by Crippen LogP contribution is -2.35. The van der Waals surface area contributed by atoms with Gasteiger partial charge in [-0.15, -0.1) is 0 Å². The van der Waals surface area contributed by atoms with Crippen LogP contribution in [0.5, 0.6) is 0 Å². The second kappa shape index (κ2) is 5.28. The Morgan fingerprint density at radius 2 is 1.94 bits per heavy atom. The van der Waals surface area contributed by atoms with E-state index in [-0.39, 0.29) is 6.09 Å². The molecule has 1 fully saturated rings. The summed E-state index contributed by atoms with van der Waals surface area (Å²) in [5, 5.41) is 0. The number of hydrogen-bond acceptors (Lipinski definition) is 2. The molecule has 1 saturated heterocycles. The van der Waals surface area contributed by atoms with Gasteiger partial charge in [-0.1, -0.05) is 27.2 Å². The first-order valence-electron chi connectivity index (χ1n) is 6.72. The molecule has 0 aromatic heterocycles. The van der Waals surface area contributed by atoms with Crippen LogP contribution in [0.4, 0.5) is 4.79 Å². The summed E-state index contributed by atoms with van der Waals surface area (Å²) in [7, 11) is 0. The van der Waals surface area contributed by atoms with E-state index in [4.69, 9.17) is 4.74 Å². The van der Waals surface area contributed by atoms with E-state index in [1.165, 1.54) is 0 Å². The average molecular weight is 241 g/mol. The Labute approximate surface area is 106 Å². The zero-order valence-corrected chi connectivity index (χ0v) is 12.1. The van der Waals surface area contributed by atoms with Crippen molar-refractivity contribution in [2.24, 2.45) is 17.8 Å². The molecule has 100 valence electrons. The van der Waals surface area contributed by atoms with Crippen molar-refractivity contribution in [3.63, 3.8) is 0 Å². The van der Waals surface area contributed by atoms with Crippen LogP contribution in [0.1, 0.15) is 48.0 Å². The zero-order valence-electron chi connectivity index (χ0n) is 12.1. The second-order valence-electron chi connectivity index (χ2n) is 6.46. The molecule has 0 saturated carbocycles. The van der Waals surface area contributed by atoms with Crippen LogP contribution in [0.25, 0.3) is 0 Å². The van der Waals surface area contributed by atoms with Gasteiger partial charge >= 0.3 is 6.09 Å². The van der Waals surface area contributed by atoms with E-state index in [9.17, 15) is 4.79 Å². The van der Waals surface area contributed by atoms with Crippen molar-refractivity contribution in [1.82, 2.24) is 4.90 Å². The van der Waals surface area contributed by atoms with Crippen molar-refractivity contribution in [3.05, 3.63) is 0 Å². The van der Waals surface area contributed by atoms with E-state index in [1.54, 1.807) is 0 Å². The van der Waals surface area contributed by atoms with Crippen LogP contribution in [-0.2, 0) is 4.74 Å². The number of carbonyl (C=O) groups excluding carboxylic acids is 1. The number of carbonyl (C=O) groups is 1. The van der Waals surface area contributed by atoms with Crippen LogP contribution in [-0.4, -0.2) is 29.7 Å². The summed E-state index contributed by atoms with van der Waals surface area (Å²) < 4.78 is 5.43. The first kappa shape index (κ1) is 14.3. The molecule has 2 atom stereocenters. The van der Waals surface area contributed by atoms with E-state index in [1.807, 2.05) is 25.7 Å². The van der Waals surface area contributed by atoms with Crippen molar-refractivity contribution in [2.75, 3.05) is 13.1 Å². The SMILES string of the molecule is CC[C@H]1CN(C(=O)OC(C)(C)C)C[C@H]1C(C)C. The predicted molar refractivity (Wildman–Crippen MR) is 69.9 cm³/mol. The number of amides is 1. The molecular formula is C14H27NO2. The number of hydrogen-bond donors (Lipinski definition) is 0. The second-order valence-corrected chi connectivity index (χ2v) is 6.46. The Bertz CT molecular complexity index is 268. The molecule has 1 aliphatic rings. The molecule has 3 nitrogen and oxygen atoms in total. The van der Waals surface area contributed by atoms with E-state index >= 15 is 0 Å². The molecule has 1 amide bonds. The Morgan fingerprint density at radius 3 is 2.29 bits per heavy atom. The minimum Gasteiger partial charge on any atom is -0.444 e. The minimum atomic E-state index is -0.394. The van der Waals surface area contributed by atoms with Gasteiger partial charge in [0.2, 0.25) is 0 Å². The Hall–Kier alpha value is -0.730. The van der Waals surface area contributed by atoms with Crippen molar-refractivity contribution >= 4 is 6.09 Å². The van der Waals surface area contributed by atoms with Gasteiger partial charge < -0.3 is 9.64 Å². The van der Waals surface area contributed by atoms with Crippen LogP contribution in [0.2, 0.25) is 0 Å². The van der Waals surface area contributed by atoms with Gasteiger partial charge in [0.15, 0.2) is 0 Å². The molecule has 0 aliphatic carbocycles. The molecule has 0 aromatic rings. The van der Waals surface area contributed by atoms with Crippen LogP contribution in [0.15, 0.2) is 0 Å². The summed E-state index contributed by atoms with van der Waals surface area (Å²) >= 11 is 0. The van der Waals surface area contributed by atoms with Gasteiger partial charge in [0.25, 0.3) is 0 Å². The molecule has 0 bridgehead atoms. The molecule has 1 rings (SSSR count). The van der Waals surface area contributed by atoms with Crippen LogP contribution >= 0.6 is 0 Å². The van der Waals surface area contributed by atoms with Crippen LogP contribution < -0.4 is 0 Å². The summed E-state index contributed by atoms with van der Waals surface area (Å²) in [4.78, 5) is 13.9. The Morgan fingerprint density at radius 1 is 1.35 bits per heavy atom. The lowest BCUT2D eigenvalue weighted by atomic mass is 9.85. The number of rotatable bonds is 2. The quantitative estimate of drug-likeness (QED) is 0.740. The van der Waals surface area contributed by atoms with E-state index in [2.05, 4.69) is 20.8 Å². The number of ether oxygens (including phenoxy) is 1. The molecule has 0 radical (unpaired) electrons. The van der Waals surface area contributed by atoms with E-state index < -0.39 is 5.60 Å². The van der Waals surface area contributed by atoms with Crippen LogP contribution in [0.3, 0.4) is 0 Å². The fraction of sp³-hybridized carbons (Fsp3) is 0.929. The molecule has 0 aromatic carbocycles. The highest BCUT2D eigenvalue weighted by molar-refractivity contribution is 5.68. The highest BCUT2D eigenvalue weighted by atomic mass is 16.6. The lowest BCUT2D eigenvalue weighted by molar-refractivity contribution is 0.0281. The fourth-order valence-corrected chi connectivity index (χ4v) is 2.56. The van der Waals surface area contributed by atoms with Gasteiger partial charge in [0.05, 0.1) is 0 Å². The maximum Gasteiger partial charge on any atom is 0.410 e. The number of nitrogens with zero attached hydrogens (tertiary/aromatic N) is 1. The van der Waals surface area contributed by atoms with E-state index in [0.29, 0.717) is 17.8 Å². The topological polar surface area (TPSA) is 29.5 Å². The predicted octanol–water partition coefficient (Wildman–Crippen LogP) is 3.54. The van der Waals surface area contributed by atoms with Crippen molar-refractivity contribution in [3.8, 4) is 0 Å². The number of likely N-dealkylation sites (tertiary alicyclic amines) is 1. The highest BCUT2D eigenvalue weighted by Crippen LogP contribution is 2.32. The molecule has 1 heterocycles. The van der Waals surface area contributed by atoms with Gasteiger partial charge in [-0.3, -0.25) is 0 Å². The zero-order chi connectivity index (χ0) is 13.2. The first-order chi connectivity index (χ1) is 7.74. The van der Waals surface area contributed by atoms with E-state index in [0.717, 1.165) is 19.5 Å². The maximum absolute atomic E-state index is 12.0. The monoisotopic (exact) mass is 241 g/mol. The third-order valence-corrected chi connectivity index (χ3v) is 3.52. The summed E-state index contributed by atoms with van der Waals surface area (Å²) in [5.74, 6) is 1.88. The molecule has 3 heteroatoms. The van der Waals surface area contributed by atoms with Gasteiger partial charge in [-0.25, -0.2) is 4.79 Å². The molecule has 0 spiro atoms. The standard InChI is InChI=1S/C14H27NO2/c1-7-11-8-15(9-12(11)10(2)3)13(16)17-14(4,5)6/h10-12H,7-9H2,1-6H3/t11-,12-/m0/s1. The summed E-state index contributed by atoms with van der Waals surface area (Å²) in [6.45, 7) is 14.1. The van der Waals surface area contributed by atoms with Gasteiger partial charge in [-0.2, -0.15) is 0 Å². The molecule has 1 aliphatic heterocycles. The highest BCUT2D eigenvalue weighted by Gasteiger charge is 2.37. The van der Waals surface area contributed by atoms with Crippen molar-refractivity contribution in [1.29, 1.82) is 0 Å². The van der Waals surface area contributed by atoms with Gasteiger partial charge in [-0.05, 0) is 38.5 Å². The minimum absolute atomic E-state index is 0.154. The summed E-state index contributed by atoms with van der Waals surface area (Å²) in [6, 6.07) is 0. The molecule has 0 N–H and O–H groups in total. The van der Waals surface area contributed by atoms with Gasteiger partial charge in [0.1, 0.15) is 5.60 Å². The Balaban J connectivity index is 2.61. The smallest absolute Gasteiger partial charge is 0.410 e. The van der Waals surface area contributed by atoms with Crippen molar-refractivity contribution < 1.29 is 9.53 Å². The molecule has 17 heavy (non-hydrogen) atoms. The summed E-state index contributed by atoms with van der Waals surface area (Å²) in [5.41, 5.74) is -0.394.